The Morgan fingerprint density at radius 3 is 2.87 bits per heavy atom. The van der Waals surface area contributed by atoms with E-state index in [1.54, 1.807) is 25.3 Å². The fraction of sp³-hybridized carbons (Fsp3) is 0.0667. The van der Waals surface area contributed by atoms with Crippen molar-refractivity contribution in [2.24, 2.45) is 0 Å². The molecule has 0 radical (unpaired) electrons. The summed E-state index contributed by atoms with van der Waals surface area (Å²) in [5, 5.41) is 4.60. The molecule has 0 bridgehead atoms. The number of methoxy groups -OCH3 is 1. The van der Waals surface area contributed by atoms with E-state index in [2.05, 4.69) is 15.3 Å². The molecule has 1 N–H and O–H groups in total. The monoisotopic (exact) mass is 365 g/mol. The summed E-state index contributed by atoms with van der Waals surface area (Å²) in [6.45, 7) is 0. The van der Waals surface area contributed by atoms with Crippen molar-refractivity contribution in [1.82, 2.24) is 9.97 Å². The predicted octanol–water partition coefficient (Wildman–Crippen LogP) is 5.50. The van der Waals surface area contributed by atoms with Gasteiger partial charge in [-0.05, 0) is 24.3 Å². The van der Waals surface area contributed by atoms with E-state index in [1.165, 1.54) is 11.3 Å². The molecule has 0 saturated carbocycles. The number of oxazole rings is 1. The quantitative estimate of drug-likeness (QED) is 0.519. The summed E-state index contributed by atoms with van der Waals surface area (Å²) in [6.07, 6.45) is 0. The van der Waals surface area contributed by atoms with Gasteiger partial charge in [-0.2, -0.15) is 4.98 Å². The summed E-state index contributed by atoms with van der Waals surface area (Å²) in [5.41, 5.74) is 2.02. The number of aromatic nitrogens is 2. The zero-order chi connectivity index (χ0) is 16.0. The van der Waals surface area contributed by atoms with Gasteiger partial charge in [-0.1, -0.05) is 34.5 Å². The van der Waals surface area contributed by atoms with E-state index in [1.807, 2.05) is 12.1 Å². The number of hydrogen-bond acceptors (Lipinski definition) is 6. The van der Waals surface area contributed by atoms with Crippen molar-refractivity contribution in [2.45, 2.75) is 0 Å². The van der Waals surface area contributed by atoms with Crippen LogP contribution in [0.2, 0.25) is 10.0 Å². The van der Waals surface area contributed by atoms with E-state index >= 15 is 0 Å². The van der Waals surface area contributed by atoms with Gasteiger partial charge in [-0.3, -0.25) is 5.32 Å². The lowest BCUT2D eigenvalue weighted by molar-refractivity contribution is 0.415. The minimum Gasteiger partial charge on any atom is -0.497 e. The van der Waals surface area contributed by atoms with Gasteiger partial charge < -0.3 is 9.15 Å². The van der Waals surface area contributed by atoms with Crippen molar-refractivity contribution in [3.8, 4) is 5.75 Å². The molecule has 4 rings (SSSR count). The van der Waals surface area contributed by atoms with Gasteiger partial charge in [0.2, 0.25) is 0 Å². The first kappa shape index (κ1) is 14.6. The molecule has 4 aromatic rings. The highest BCUT2D eigenvalue weighted by molar-refractivity contribution is 7.22. The van der Waals surface area contributed by atoms with E-state index < -0.39 is 0 Å². The average molecular weight is 366 g/mol. The lowest BCUT2D eigenvalue weighted by Crippen LogP contribution is -1.88. The Labute approximate surface area is 144 Å². The van der Waals surface area contributed by atoms with Crippen molar-refractivity contribution in [2.75, 3.05) is 12.4 Å². The molecule has 2 heterocycles. The first-order valence-corrected chi connectivity index (χ1v) is 8.17. The molecule has 0 aliphatic carbocycles. The number of anilines is 2. The van der Waals surface area contributed by atoms with Crippen LogP contribution in [-0.2, 0) is 0 Å². The maximum Gasteiger partial charge on any atom is 0.302 e. The predicted molar refractivity (Wildman–Crippen MR) is 93.5 cm³/mol. The first-order valence-electron chi connectivity index (χ1n) is 6.60. The van der Waals surface area contributed by atoms with Crippen molar-refractivity contribution < 1.29 is 9.15 Å². The molecular weight excluding hydrogens is 357 g/mol. The van der Waals surface area contributed by atoms with Gasteiger partial charge in [0, 0.05) is 6.07 Å². The highest BCUT2D eigenvalue weighted by Crippen LogP contribution is 2.36. The van der Waals surface area contributed by atoms with Crippen molar-refractivity contribution in [3.05, 3.63) is 40.4 Å². The van der Waals surface area contributed by atoms with Crippen LogP contribution in [0.15, 0.2) is 34.7 Å². The second kappa shape index (κ2) is 5.56. The second-order valence-corrected chi connectivity index (χ2v) is 6.52. The Balaban J connectivity index is 1.71. The van der Waals surface area contributed by atoms with Gasteiger partial charge in [0.05, 0.1) is 21.9 Å². The summed E-state index contributed by atoms with van der Waals surface area (Å²) < 4.78 is 11.8. The van der Waals surface area contributed by atoms with Crippen molar-refractivity contribution in [1.29, 1.82) is 0 Å². The summed E-state index contributed by atoms with van der Waals surface area (Å²) in [5.74, 6) is 0.721. The second-order valence-electron chi connectivity index (χ2n) is 4.70. The zero-order valence-electron chi connectivity index (χ0n) is 11.8. The molecule has 0 spiro atoms. The molecule has 2 aromatic carbocycles. The molecule has 5 nitrogen and oxygen atoms in total. The third-order valence-corrected chi connectivity index (χ3v) is 4.99. The lowest BCUT2D eigenvalue weighted by Gasteiger charge is -1.95. The number of halogens is 2. The minimum absolute atomic E-state index is 0.356. The summed E-state index contributed by atoms with van der Waals surface area (Å²) in [6, 6.07) is 9.41. The summed E-state index contributed by atoms with van der Waals surface area (Å²) >= 11 is 13.6. The van der Waals surface area contributed by atoms with E-state index in [0.29, 0.717) is 37.8 Å². The average Bonchev–Trinajstić information content (AvgIpc) is 3.13. The molecule has 0 fully saturated rings. The molecule has 0 aliphatic rings. The fourth-order valence-electron chi connectivity index (χ4n) is 2.17. The molecule has 0 unspecified atom stereocenters. The normalized spacial score (nSPS) is 11.3. The minimum atomic E-state index is 0.356. The maximum atomic E-state index is 6.17. The van der Waals surface area contributed by atoms with Crippen LogP contribution >= 0.6 is 34.5 Å². The van der Waals surface area contributed by atoms with E-state index in [4.69, 9.17) is 32.4 Å². The topological polar surface area (TPSA) is 60.2 Å². The molecule has 0 atom stereocenters. The number of fused-ring (bicyclic) bond motifs is 2. The Kier molecular flexibility index (Phi) is 3.52. The lowest BCUT2D eigenvalue weighted by atomic mass is 10.3. The smallest absolute Gasteiger partial charge is 0.302 e. The largest absolute Gasteiger partial charge is 0.497 e. The van der Waals surface area contributed by atoms with E-state index in [-0.39, 0.29) is 0 Å². The fourth-order valence-corrected chi connectivity index (χ4v) is 3.45. The zero-order valence-corrected chi connectivity index (χ0v) is 14.1. The number of ether oxygens (including phenoxy) is 1. The van der Waals surface area contributed by atoms with Crippen LogP contribution in [0.5, 0.6) is 5.75 Å². The standard InChI is InChI=1S/C15H9Cl2N3O2S/c1-21-7-2-4-10-9(6-7)18-14(22-10)20-15-19-13-11(23-15)5-3-8(16)12(13)17/h2-6H,1H3,(H,18,19,20). The SMILES string of the molecule is COc1ccc2oc(Nc3nc4c(Cl)c(Cl)ccc4s3)nc2c1. The molecule has 0 aliphatic heterocycles. The molecular formula is C15H9Cl2N3O2S. The van der Waals surface area contributed by atoms with Gasteiger partial charge in [0.1, 0.15) is 16.8 Å². The molecule has 2 aromatic heterocycles. The highest BCUT2D eigenvalue weighted by atomic mass is 35.5. The van der Waals surface area contributed by atoms with Crippen molar-refractivity contribution in [3.63, 3.8) is 0 Å². The van der Waals surface area contributed by atoms with Crippen LogP contribution in [0.3, 0.4) is 0 Å². The Bertz CT molecular complexity index is 1030. The highest BCUT2D eigenvalue weighted by Gasteiger charge is 2.13. The first-order chi connectivity index (χ1) is 11.1. The Hall–Kier alpha value is -2.02. The van der Waals surface area contributed by atoms with Crippen LogP contribution in [0, 0.1) is 0 Å². The van der Waals surface area contributed by atoms with Gasteiger partial charge >= 0.3 is 6.01 Å². The summed E-state index contributed by atoms with van der Waals surface area (Å²) in [7, 11) is 1.61. The third-order valence-electron chi connectivity index (χ3n) is 3.26. The number of nitrogens with zero attached hydrogens (tertiary/aromatic N) is 2. The number of benzene rings is 2. The van der Waals surface area contributed by atoms with Crippen LogP contribution in [0.4, 0.5) is 11.1 Å². The van der Waals surface area contributed by atoms with Crippen molar-refractivity contribution >= 4 is 67.0 Å². The number of rotatable bonds is 3. The van der Waals surface area contributed by atoms with Gasteiger partial charge in [-0.15, -0.1) is 0 Å². The van der Waals surface area contributed by atoms with Crippen LogP contribution in [0.1, 0.15) is 0 Å². The van der Waals surface area contributed by atoms with E-state index in [0.717, 1.165) is 10.4 Å². The molecule has 0 amide bonds. The number of hydrogen-bond donors (Lipinski definition) is 1. The van der Waals surface area contributed by atoms with Crippen LogP contribution in [0.25, 0.3) is 21.3 Å². The Morgan fingerprint density at radius 2 is 2.04 bits per heavy atom. The third kappa shape index (κ3) is 2.59. The molecule has 8 heteroatoms. The Morgan fingerprint density at radius 1 is 1.17 bits per heavy atom. The van der Waals surface area contributed by atoms with E-state index in [9.17, 15) is 0 Å². The summed E-state index contributed by atoms with van der Waals surface area (Å²) in [4.78, 5) is 8.82. The number of thiazole rings is 1. The maximum absolute atomic E-state index is 6.17. The molecule has 0 saturated heterocycles. The number of nitrogens with one attached hydrogen (secondary N) is 1. The van der Waals surface area contributed by atoms with Gasteiger partial charge in [0.15, 0.2) is 10.7 Å². The van der Waals surface area contributed by atoms with Gasteiger partial charge in [-0.25, -0.2) is 4.98 Å². The molecule has 116 valence electrons. The molecule has 23 heavy (non-hydrogen) atoms. The van der Waals surface area contributed by atoms with Crippen LogP contribution < -0.4 is 10.1 Å². The van der Waals surface area contributed by atoms with Gasteiger partial charge in [0.25, 0.3) is 0 Å². The van der Waals surface area contributed by atoms with Crippen LogP contribution in [-0.4, -0.2) is 17.1 Å².